The Balaban J connectivity index is 2.29. The molecule has 1 heterocycles. The zero-order chi connectivity index (χ0) is 8.65. The molecule has 0 unspecified atom stereocenters. The van der Waals surface area contributed by atoms with E-state index < -0.39 is 0 Å². The molecule has 0 fully saturated rings. The maximum absolute atomic E-state index is 7.99. The van der Waals surface area contributed by atoms with Crippen LogP contribution in [-0.4, -0.2) is 22.3 Å². The second-order valence-electron chi connectivity index (χ2n) is 1.85. The summed E-state index contributed by atoms with van der Waals surface area (Å²) in [5.74, 6) is 0.751. The van der Waals surface area contributed by atoms with Crippen LogP contribution in [0.3, 0.4) is 0 Å². The van der Waals surface area contributed by atoms with Gasteiger partial charge in [0.2, 0.25) is 0 Å². The molecule has 62 valence electrons. The molecule has 0 N–H and O–H groups in total. The summed E-state index contributed by atoms with van der Waals surface area (Å²) in [7, 11) is 0. The van der Waals surface area contributed by atoms with E-state index in [4.69, 9.17) is 5.53 Å². The molecule has 1 rings (SSSR count). The highest BCUT2D eigenvalue weighted by Gasteiger charge is 1.91. The molecule has 0 aliphatic carbocycles. The Hall–Kier alpha value is -1.26. The van der Waals surface area contributed by atoms with E-state index in [1.807, 2.05) is 6.07 Å². The quantitative estimate of drug-likeness (QED) is 0.178. The second kappa shape index (κ2) is 5.40. The summed E-state index contributed by atoms with van der Waals surface area (Å²) < 4.78 is 0. The summed E-state index contributed by atoms with van der Waals surface area (Å²) in [6.45, 7) is 0.491. The first kappa shape index (κ1) is 8.83. The third-order valence-electron chi connectivity index (χ3n) is 1.06. The predicted octanol–water partition coefficient (Wildman–Crippen LogP) is 1.88. The average Bonchev–Trinajstić information content (AvgIpc) is 2.14. The zero-order valence-corrected chi connectivity index (χ0v) is 7.11. The van der Waals surface area contributed by atoms with E-state index >= 15 is 0 Å². The highest BCUT2D eigenvalue weighted by Crippen LogP contribution is 2.12. The minimum atomic E-state index is 0.491. The number of hydrogen-bond donors (Lipinski definition) is 0. The third kappa shape index (κ3) is 3.23. The molecule has 0 aliphatic heterocycles. The molecule has 12 heavy (non-hydrogen) atoms. The van der Waals surface area contributed by atoms with Gasteiger partial charge in [-0.3, -0.25) is 0 Å². The SMILES string of the molecule is [N-]=[N+]=NCCSc1ccncn1. The number of aromatic nitrogens is 2. The Kier molecular flexibility index (Phi) is 3.97. The van der Waals surface area contributed by atoms with Crippen molar-refractivity contribution in [3.05, 3.63) is 29.0 Å². The fourth-order valence-electron chi connectivity index (χ4n) is 0.600. The summed E-state index contributed by atoms with van der Waals surface area (Å²) in [6, 6.07) is 1.82. The molecule has 1 aromatic rings. The number of thioether (sulfide) groups is 1. The van der Waals surface area contributed by atoms with Crippen LogP contribution < -0.4 is 0 Å². The molecule has 0 aromatic carbocycles. The van der Waals surface area contributed by atoms with Crippen LogP contribution >= 0.6 is 11.8 Å². The Morgan fingerprint density at radius 1 is 1.67 bits per heavy atom. The van der Waals surface area contributed by atoms with Crippen molar-refractivity contribution in [1.82, 2.24) is 9.97 Å². The highest BCUT2D eigenvalue weighted by molar-refractivity contribution is 7.99. The first-order valence-corrected chi connectivity index (χ1v) is 4.31. The van der Waals surface area contributed by atoms with Gasteiger partial charge in [0, 0.05) is 23.4 Å². The normalized spacial score (nSPS) is 9.00. The molecule has 0 saturated carbocycles. The molecule has 0 spiro atoms. The van der Waals surface area contributed by atoms with Crippen molar-refractivity contribution in [2.24, 2.45) is 5.11 Å². The predicted molar refractivity (Wildman–Crippen MR) is 46.8 cm³/mol. The minimum Gasteiger partial charge on any atom is -0.245 e. The maximum atomic E-state index is 7.99. The van der Waals surface area contributed by atoms with E-state index in [0.29, 0.717) is 6.54 Å². The lowest BCUT2D eigenvalue weighted by molar-refractivity contribution is 1.04. The maximum Gasteiger partial charge on any atom is 0.116 e. The van der Waals surface area contributed by atoms with E-state index in [-0.39, 0.29) is 0 Å². The van der Waals surface area contributed by atoms with Crippen molar-refractivity contribution in [3.63, 3.8) is 0 Å². The number of hydrogen-bond acceptors (Lipinski definition) is 4. The molecule has 0 bridgehead atoms. The second-order valence-corrected chi connectivity index (χ2v) is 2.97. The van der Waals surface area contributed by atoms with Gasteiger partial charge in [0.25, 0.3) is 0 Å². The van der Waals surface area contributed by atoms with Crippen molar-refractivity contribution in [2.45, 2.75) is 5.03 Å². The standard InChI is InChI=1S/C6H7N5S/c7-11-10-3-4-12-6-1-2-8-5-9-6/h1-2,5H,3-4H2. The zero-order valence-electron chi connectivity index (χ0n) is 6.29. The lowest BCUT2D eigenvalue weighted by Crippen LogP contribution is -1.85. The molecule has 0 atom stereocenters. The van der Waals surface area contributed by atoms with E-state index in [2.05, 4.69) is 20.0 Å². The molecule has 0 saturated heterocycles. The van der Waals surface area contributed by atoms with Gasteiger partial charge in [0.05, 0.1) is 5.03 Å². The summed E-state index contributed by atoms with van der Waals surface area (Å²) in [5, 5.41) is 4.30. The Bertz CT molecular complexity index is 269. The summed E-state index contributed by atoms with van der Waals surface area (Å²) >= 11 is 1.54. The van der Waals surface area contributed by atoms with E-state index in [0.717, 1.165) is 10.8 Å². The van der Waals surface area contributed by atoms with Gasteiger partial charge >= 0.3 is 0 Å². The molecule has 0 radical (unpaired) electrons. The van der Waals surface area contributed by atoms with Crippen LogP contribution in [0.2, 0.25) is 0 Å². The van der Waals surface area contributed by atoms with E-state index in [9.17, 15) is 0 Å². The van der Waals surface area contributed by atoms with Gasteiger partial charge in [-0.15, -0.1) is 11.8 Å². The van der Waals surface area contributed by atoms with Crippen LogP contribution in [0.4, 0.5) is 0 Å². The summed E-state index contributed by atoms with van der Waals surface area (Å²) in [5.41, 5.74) is 7.99. The summed E-state index contributed by atoms with van der Waals surface area (Å²) in [6.07, 6.45) is 3.18. The number of nitrogens with zero attached hydrogens (tertiary/aromatic N) is 5. The number of rotatable bonds is 4. The van der Waals surface area contributed by atoms with Crippen LogP contribution in [0.1, 0.15) is 0 Å². The first-order chi connectivity index (χ1) is 5.93. The van der Waals surface area contributed by atoms with Crippen molar-refractivity contribution in [3.8, 4) is 0 Å². The van der Waals surface area contributed by atoms with Gasteiger partial charge < -0.3 is 0 Å². The van der Waals surface area contributed by atoms with Crippen molar-refractivity contribution < 1.29 is 0 Å². The lowest BCUT2D eigenvalue weighted by atomic mass is 10.7. The monoisotopic (exact) mass is 181 g/mol. The fraction of sp³-hybridized carbons (Fsp3) is 0.333. The molecule has 1 aromatic heterocycles. The van der Waals surface area contributed by atoms with Crippen LogP contribution in [0.15, 0.2) is 28.7 Å². The van der Waals surface area contributed by atoms with Crippen molar-refractivity contribution in [1.29, 1.82) is 0 Å². The van der Waals surface area contributed by atoms with Crippen LogP contribution in [0, 0.1) is 0 Å². The highest BCUT2D eigenvalue weighted by atomic mass is 32.2. The molecular formula is C6H7N5S. The Labute approximate surface area is 73.9 Å². The van der Waals surface area contributed by atoms with Gasteiger partial charge in [-0.1, -0.05) is 5.11 Å². The first-order valence-electron chi connectivity index (χ1n) is 3.33. The van der Waals surface area contributed by atoms with Gasteiger partial charge in [-0.2, -0.15) is 0 Å². The molecule has 5 nitrogen and oxygen atoms in total. The Morgan fingerprint density at radius 3 is 3.25 bits per heavy atom. The largest absolute Gasteiger partial charge is 0.245 e. The van der Waals surface area contributed by atoms with Gasteiger partial charge in [-0.05, 0) is 11.6 Å². The lowest BCUT2D eigenvalue weighted by Gasteiger charge is -1.94. The van der Waals surface area contributed by atoms with Crippen LogP contribution in [-0.2, 0) is 0 Å². The molecule has 0 amide bonds. The van der Waals surface area contributed by atoms with Crippen LogP contribution in [0.25, 0.3) is 10.4 Å². The summed E-state index contributed by atoms with van der Waals surface area (Å²) in [4.78, 5) is 10.4. The minimum absolute atomic E-state index is 0.491. The van der Waals surface area contributed by atoms with E-state index in [1.54, 1.807) is 18.0 Å². The Morgan fingerprint density at radius 2 is 2.58 bits per heavy atom. The van der Waals surface area contributed by atoms with Gasteiger partial charge in [0.15, 0.2) is 0 Å². The van der Waals surface area contributed by atoms with Crippen molar-refractivity contribution in [2.75, 3.05) is 12.3 Å². The smallest absolute Gasteiger partial charge is 0.116 e. The van der Waals surface area contributed by atoms with E-state index in [1.165, 1.54) is 6.33 Å². The average molecular weight is 181 g/mol. The number of azide groups is 1. The molecule has 6 heteroatoms. The van der Waals surface area contributed by atoms with Crippen molar-refractivity contribution >= 4 is 11.8 Å². The molecule has 0 aliphatic rings. The molecular weight excluding hydrogens is 174 g/mol. The van der Waals surface area contributed by atoms with Gasteiger partial charge in [0.1, 0.15) is 6.33 Å². The third-order valence-corrected chi connectivity index (χ3v) is 1.98. The van der Waals surface area contributed by atoms with Gasteiger partial charge in [-0.25, -0.2) is 9.97 Å². The van der Waals surface area contributed by atoms with Crippen LogP contribution in [0.5, 0.6) is 0 Å². The topological polar surface area (TPSA) is 74.5 Å². The fourth-order valence-corrected chi connectivity index (χ4v) is 1.26.